The van der Waals surface area contributed by atoms with Crippen molar-refractivity contribution in [3.8, 4) is 0 Å². The highest BCUT2D eigenvalue weighted by Gasteiger charge is 2.42. The van der Waals surface area contributed by atoms with Crippen molar-refractivity contribution in [3.63, 3.8) is 0 Å². The Morgan fingerprint density at radius 2 is 1.89 bits per heavy atom. The summed E-state index contributed by atoms with van der Waals surface area (Å²) in [5.41, 5.74) is 0.879. The van der Waals surface area contributed by atoms with Crippen LogP contribution in [-0.4, -0.2) is 34.5 Å². The van der Waals surface area contributed by atoms with E-state index in [0.29, 0.717) is 0 Å². The number of β-amino-alcohol motifs (C(OH)–C–C–N with tert-alkyl or cyclic N) is 1. The second-order valence-electron chi connectivity index (χ2n) is 5.41. The molecule has 19 heavy (non-hydrogen) atoms. The van der Waals surface area contributed by atoms with Crippen LogP contribution in [0.5, 0.6) is 0 Å². The van der Waals surface area contributed by atoms with Gasteiger partial charge in [-0.2, -0.15) is 0 Å². The molecule has 1 aliphatic carbocycles. The van der Waals surface area contributed by atoms with E-state index >= 15 is 0 Å². The molecule has 100 valence electrons. The van der Waals surface area contributed by atoms with Crippen LogP contribution in [0.4, 0.5) is 0 Å². The van der Waals surface area contributed by atoms with Crippen LogP contribution in [0.15, 0.2) is 30.3 Å². The van der Waals surface area contributed by atoms with Crippen LogP contribution in [0.2, 0.25) is 0 Å². The molecule has 1 saturated heterocycles. The van der Waals surface area contributed by atoms with Crippen LogP contribution in [0.25, 0.3) is 0 Å². The molecule has 0 radical (unpaired) electrons. The molecule has 1 saturated carbocycles. The van der Waals surface area contributed by atoms with Crippen LogP contribution < -0.4 is 0 Å². The van der Waals surface area contributed by atoms with Gasteiger partial charge in [0.15, 0.2) is 0 Å². The highest BCUT2D eigenvalue weighted by molar-refractivity contribution is 6.06. The maximum atomic E-state index is 12.3. The third-order valence-electron chi connectivity index (χ3n) is 3.98. The van der Waals surface area contributed by atoms with E-state index in [1.165, 1.54) is 4.90 Å². The number of aliphatic hydroxyl groups excluding tert-OH is 1. The highest BCUT2D eigenvalue weighted by atomic mass is 16.3. The zero-order valence-corrected chi connectivity index (χ0v) is 10.7. The molecule has 2 fully saturated rings. The minimum Gasteiger partial charge on any atom is -0.391 e. The van der Waals surface area contributed by atoms with Gasteiger partial charge in [-0.1, -0.05) is 30.3 Å². The molecule has 4 heteroatoms. The number of carbonyl (C=O) groups excluding carboxylic acids is 2. The molecule has 2 amide bonds. The minimum absolute atomic E-state index is 0.158. The molecule has 2 atom stereocenters. The van der Waals surface area contributed by atoms with Gasteiger partial charge in [-0.3, -0.25) is 14.5 Å². The number of likely N-dealkylation sites (tertiary alicyclic amines) is 1. The average Bonchev–Trinajstić information content (AvgIpc) is 3.23. The molecule has 0 bridgehead atoms. The molecular formula is C15H17NO3. The smallest absolute Gasteiger partial charge is 0.237 e. The van der Waals surface area contributed by atoms with Crippen molar-refractivity contribution in [1.29, 1.82) is 0 Å². The second kappa shape index (κ2) is 4.78. The number of benzene rings is 1. The van der Waals surface area contributed by atoms with Crippen molar-refractivity contribution in [2.45, 2.75) is 31.3 Å². The molecule has 1 aromatic carbocycles. The fourth-order valence-electron chi connectivity index (χ4n) is 2.64. The van der Waals surface area contributed by atoms with Crippen LogP contribution >= 0.6 is 0 Å². The van der Waals surface area contributed by atoms with Crippen LogP contribution in [0.1, 0.15) is 30.7 Å². The fourth-order valence-corrected chi connectivity index (χ4v) is 2.64. The lowest BCUT2D eigenvalue weighted by atomic mass is 9.98. The summed E-state index contributed by atoms with van der Waals surface area (Å²) in [7, 11) is 0. The predicted octanol–water partition coefficient (Wildman–Crippen LogP) is 1.30. The van der Waals surface area contributed by atoms with E-state index in [9.17, 15) is 14.7 Å². The summed E-state index contributed by atoms with van der Waals surface area (Å²) < 4.78 is 0. The Balaban J connectivity index is 1.73. The largest absolute Gasteiger partial charge is 0.391 e. The number of hydrogen-bond donors (Lipinski definition) is 1. The molecule has 0 spiro atoms. The summed E-state index contributed by atoms with van der Waals surface area (Å²) in [4.78, 5) is 25.5. The van der Waals surface area contributed by atoms with E-state index in [2.05, 4.69) is 0 Å². The Morgan fingerprint density at radius 3 is 2.53 bits per heavy atom. The monoisotopic (exact) mass is 259 g/mol. The third kappa shape index (κ3) is 2.40. The Morgan fingerprint density at radius 1 is 1.21 bits per heavy atom. The first-order valence-electron chi connectivity index (χ1n) is 6.74. The van der Waals surface area contributed by atoms with Gasteiger partial charge < -0.3 is 5.11 Å². The molecule has 1 N–H and O–H groups in total. The van der Waals surface area contributed by atoms with Gasteiger partial charge in [0.1, 0.15) is 0 Å². The van der Waals surface area contributed by atoms with Crippen molar-refractivity contribution >= 4 is 11.8 Å². The Hall–Kier alpha value is -1.68. The summed E-state index contributed by atoms with van der Waals surface area (Å²) in [5, 5.41) is 9.90. The average molecular weight is 259 g/mol. The zero-order chi connectivity index (χ0) is 13.4. The number of nitrogens with zero attached hydrogens (tertiary/aromatic N) is 1. The van der Waals surface area contributed by atoms with Crippen LogP contribution in [0, 0.1) is 5.92 Å². The van der Waals surface area contributed by atoms with Crippen molar-refractivity contribution < 1.29 is 14.7 Å². The Labute approximate surface area is 112 Å². The lowest BCUT2D eigenvalue weighted by Gasteiger charge is -2.18. The van der Waals surface area contributed by atoms with Crippen LogP contribution in [0.3, 0.4) is 0 Å². The van der Waals surface area contributed by atoms with Crippen molar-refractivity contribution in [1.82, 2.24) is 4.90 Å². The van der Waals surface area contributed by atoms with E-state index in [-0.39, 0.29) is 36.6 Å². The summed E-state index contributed by atoms with van der Waals surface area (Å²) in [5.74, 6) is -0.439. The van der Waals surface area contributed by atoms with Gasteiger partial charge in [0.05, 0.1) is 18.6 Å². The summed E-state index contributed by atoms with van der Waals surface area (Å²) in [6.07, 6.45) is 1.67. The number of amides is 2. The lowest BCUT2D eigenvalue weighted by Crippen LogP contribution is -2.38. The quantitative estimate of drug-likeness (QED) is 0.829. The van der Waals surface area contributed by atoms with E-state index in [4.69, 9.17) is 0 Å². The van der Waals surface area contributed by atoms with E-state index in [1.54, 1.807) is 0 Å². The molecular weight excluding hydrogens is 242 g/mol. The normalized spacial score (nSPS) is 24.9. The van der Waals surface area contributed by atoms with Gasteiger partial charge >= 0.3 is 0 Å². The first-order chi connectivity index (χ1) is 9.16. The van der Waals surface area contributed by atoms with E-state index in [1.807, 2.05) is 30.3 Å². The first-order valence-corrected chi connectivity index (χ1v) is 6.74. The van der Waals surface area contributed by atoms with E-state index < -0.39 is 6.10 Å². The number of carbonyl (C=O) groups is 2. The molecule has 2 unspecified atom stereocenters. The van der Waals surface area contributed by atoms with Crippen molar-refractivity contribution in [2.75, 3.05) is 6.54 Å². The topological polar surface area (TPSA) is 57.6 Å². The number of rotatable bonds is 4. The van der Waals surface area contributed by atoms with Gasteiger partial charge in [-0.05, 0) is 24.3 Å². The number of aliphatic hydroxyl groups is 1. The highest BCUT2D eigenvalue weighted by Crippen LogP contribution is 2.35. The summed E-state index contributed by atoms with van der Waals surface area (Å²) >= 11 is 0. The number of hydrogen-bond acceptors (Lipinski definition) is 3. The number of imide groups is 1. The second-order valence-corrected chi connectivity index (χ2v) is 5.41. The predicted molar refractivity (Wildman–Crippen MR) is 69.3 cm³/mol. The molecule has 2 aliphatic rings. The molecule has 4 nitrogen and oxygen atoms in total. The van der Waals surface area contributed by atoms with Crippen molar-refractivity contribution in [3.05, 3.63) is 35.9 Å². The Kier molecular flexibility index (Phi) is 3.11. The summed E-state index contributed by atoms with van der Waals surface area (Å²) in [6.45, 7) is 0.158. The van der Waals surface area contributed by atoms with Gasteiger partial charge in [-0.15, -0.1) is 0 Å². The zero-order valence-electron chi connectivity index (χ0n) is 10.7. The van der Waals surface area contributed by atoms with Gasteiger partial charge in [0.25, 0.3) is 0 Å². The molecule has 0 aromatic heterocycles. The minimum atomic E-state index is -0.553. The van der Waals surface area contributed by atoms with Crippen molar-refractivity contribution in [2.24, 2.45) is 5.92 Å². The Bertz CT molecular complexity index is 495. The van der Waals surface area contributed by atoms with Crippen LogP contribution in [-0.2, 0) is 9.59 Å². The SMILES string of the molecule is O=C1CC(c2ccccc2)C(=O)N1CC(O)C1CC1. The molecule has 1 heterocycles. The maximum Gasteiger partial charge on any atom is 0.237 e. The molecule has 1 aliphatic heterocycles. The first kappa shape index (κ1) is 12.4. The maximum absolute atomic E-state index is 12.3. The standard InChI is InChI=1S/C15H17NO3/c17-13(11-6-7-11)9-16-14(18)8-12(15(16)19)10-4-2-1-3-5-10/h1-5,11-13,17H,6-9H2. The molecule has 3 rings (SSSR count). The lowest BCUT2D eigenvalue weighted by molar-refractivity contribution is -0.140. The van der Waals surface area contributed by atoms with Gasteiger partial charge in [0, 0.05) is 6.42 Å². The summed E-state index contributed by atoms with van der Waals surface area (Å²) in [6, 6.07) is 9.37. The van der Waals surface area contributed by atoms with E-state index in [0.717, 1.165) is 18.4 Å². The van der Waals surface area contributed by atoms with Gasteiger partial charge in [0.2, 0.25) is 11.8 Å². The van der Waals surface area contributed by atoms with Gasteiger partial charge in [-0.25, -0.2) is 0 Å². The third-order valence-corrected chi connectivity index (χ3v) is 3.98. The fraction of sp³-hybridized carbons (Fsp3) is 0.467. The molecule has 1 aromatic rings.